The molecule has 4 rings (SSSR count). The van der Waals surface area contributed by atoms with Gasteiger partial charge in [-0.05, 0) is 37.1 Å². The molecule has 0 aliphatic rings. The average molecular weight is 368 g/mol. The highest BCUT2D eigenvalue weighted by Gasteiger charge is 2.14. The third-order valence-corrected chi connectivity index (χ3v) is 5.31. The van der Waals surface area contributed by atoms with Crippen molar-refractivity contribution in [3.05, 3.63) is 52.5 Å². The van der Waals surface area contributed by atoms with Gasteiger partial charge in [0.05, 0.1) is 15.7 Å². The molecule has 4 nitrogen and oxygen atoms in total. The summed E-state index contributed by atoms with van der Waals surface area (Å²) >= 11 is 7.66. The lowest BCUT2D eigenvalue weighted by molar-refractivity contribution is -0.107. The molecule has 0 aliphatic carbocycles. The van der Waals surface area contributed by atoms with Crippen LogP contribution in [-0.4, -0.2) is 21.2 Å². The molecule has 3 aromatic heterocycles. The minimum absolute atomic E-state index is 0.479. The second-order valence-corrected chi connectivity index (χ2v) is 7.12. The van der Waals surface area contributed by atoms with Crippen LogP contribution < -0.4 is 0 Å². The third-order valence-electron chi connectivity index (χ3n) is 4.24. The normalized spacial score (nSPS) is 11.3. The van der Waals surface area contributed by atoms with Gasteiger partial charge in [-0.3, -0.25) is 4.98 Å². The molecule has 0 amide bonds. The monoisotopic (exact) mass is 367 g/mol. The standard InChI is InChI=1S/C19H14ClN3OS/c1-11-5-13(3-2-4-24)21-9-16(11)15-6-12-8-22-17(20)7-14(12)19-18(15)23-10-25-19/h4-10H,2-3H2,1H3. The highest BCUT2D eigenvalue weighted by Crippen LogP contribution is 2.37. The Morgan fingerprint density at radius 3 is 2.80 bits per heavy atom. The minimum Gasteiger partial charge on any atom is -0.303 e. The largest absolute Gasteiger partial charge is 0.303 e. The van der Waals surface area contributed by atoms with Crippen molar-refractivity contribution >= 4 is 50.2 Å². The first-order valence-corrected chi connectivity index (χ1v) is 9.14. The molecule has 0 aliphatic heterocycles. The number of nitrogens with zero attached hydrogens (tertiary/aromatic N) is 3. The number of thiazole rings is 1. The summed E-state index contributed by atoms with van der Waals surface area (Å²) in [6.45, 7) is 2.06. The number of halogens is 1. The van der Waals surface area contributed by atoms with E-state index in [9.17, 15) is 4.79 Å². The zero-order valence-electron chi connectivity index (χ0n) is 13.5. The van der Waals surface area contributed by atoms with Gasteiger partial charge in [0.25, 0.3) is 0 Å². The van der Waals surface area contributed by atoms with E-state index in [1.165, 1.54) is 0 Å². The lowest BCUT2D eigenvalue weighted by Crippen LogP contribution is -1.95. The van der Waals surface area contributed by atoms with Crippen molar-refractivity contribution in [1.29, 1.82) is 0 Å². The summed E-state index contributed by atoms with van der Waals surface area (Å²) in [6, 6.07) is 6.02. The van der Waals surface area contributed by atoms with Crippen LogP contribution in [0.25, 0.3) is 32.1 Å². The lowest BCUT2D eigenvalue weighted by atomic mass is 9.98. The quantitative estimate of drug-likeness (QED) is 0.376. The van der Waals surface area contributed by atoms with Gasteiger partial charge in [0.1, 0.15) is 11.4 Å². The van der Waals surface area contributed by atoms with Crippen molar-refractivity contribution in [2.75, 3.05) is 0 Å². The van der Waals surface area contributed by atoms with Crippen LogP contribution in [-0.2, 0) is 11.2 Å². The number of fused-ring (bicyclic) bond motifs is 3. The highest BCUT2D eigenvalue weighted by atomic mass is 35.5. The van der Waals surface area contributed by atoms with Crippen LogP contribution in [0.2, 0.25) is 5.15 Å². The third kappa shape index (κ3) is 2.90. The van der Waals surface area contributed by atoms with Crippen molar-refractivity contribution in [3.8, 4) is 11.1 Å². The zero-order valence-corrected chi connectivity index (χ0v) is 15.1. The van der Waals surface area contributed by atoms with Gasteiger partial charge in [-0.25, -0.2) is 9.97 Å². The maximum absolute atomic E-state index is 10.6. The van der Waals surface area contributed by atoms with E-state index in [0.717, 1.165) is 49.7 Å². The highest BCUT2D eigenvalue weighted by molar-refractivity contribution is 7.17. The number of rotatable bonds is 4. The van der Waals surface area contributed by atoms with E-state index in [1.54, 1.807) is 17.5 Å². The first kappa shape index (κ1) is 16.1. The number of aromatic nitrogens is 3. The molecule has 3 heterocycles. The number of pyridine rings is 2. The molecule has 0 spiro atoms. The van der Waals surface area contributed by atoms with Crippen molar-refractivity contribution in [2.45, 2.75) is 19.8 Å². The number of aryl methyl sites for hydroxylation is 2. The molecule has 6 heteroatoms. The molecule has 1 aromatic carbocycles. The lowest BCUT2D eigenvalue weighted by Gasteiger charge is -2.10. The van der Waals surface area contributed by atoms with Gasteiger partial charge < -0.3 is 4.79 Å². The summed E-state index contributed by atoms with van der Waals surface area (Å²) in [5.74, 6) is 0. The Labute approximate surface area is 153 Å². The van der Waals surface area contributed by atoms with Gasteiger partial charge in [0.2, 0.25) is 0 Å². The van der Waals surface area contributed by atoms with E-state index in [1.807, 2.05) is 23.8 Å². The Kier molecular flexibility index (Phi) is 4.19. The second-order valence-electron chi connectivity index (χ2n) is 5.88. The Hall–Kier alpha value is -2.37. The van der Waals surface area contributed by atoms with E-state index in [-0.39, 0.29) is 0 Å². The summed E-state index contributed by atoms with van der Waals surface area (Å²) in [7, 11) is 0. The maximum atomic E-state index is 10.6. The van der Waals surface area contributed by atoms with Crippen LogP contribution in [0, 0.1) is 6.92 Å². The molecule has 4 aromatic rings. The topological polar surface area (TPSA) is 55.7 Å². The van der Waals surface area contributed by atoms with Crippen molar-refractivity contribution in [3.63, 3.8) is 0 Å². The van der Waals surface area contributed by atoms with Gasteiger partial charge in [0, 0.05) is 46.4 Å². The van der Waals surface area contributed by atoms with Crippen LogP contribution in [0.1, 0.15) is 17.7 Å². The summed E-state index contributed by atoms with van der Waals surface area (Å²) in [5.41, 5.74) is 6.93. The summed E-state index contributed by atoms with van der Waals surface area (Å²) in [4.78, 5) is 23.9. The molecule has 0 bridgehead atoms. The first-order valence-electron chi connectivity index (χ1n) is 7.88. The fourth-order valence-electron chi connectivity index (χ4n) is 3.05. The van der Waals surface area contributed by atoms with E-state index < -0.39 is 0 Å². The van der Waals surface area contributed by atoms with E-state index >= 15 is 0 Å². The molecular weight excluding hydrogens is 354 g/mol. The number of benzene rings is 1. The number of hydrogen-bond acceptors (Lipinski definition) is 5. The number of hydrogen-bond donors (Lipinski definition) is 0. The average Bonchev–Trinajstić information content (AvgIpc) is 3.10. The fraction of sp³-hybridized carbons (Fsp3) is 0.158. The molecule has 25 heavy (non-hydrogen) atoms. The van der Waals surface area contributed by atoms with Gasteiger partial charge >= 0.3 is 0 Å². The SMILES string of the molecule is Cc1cc(CCC=O)ncc1-c1cc2cnc(Cl)cc2c2scnc12. The van der Waals surface area contributed by atoms with Gasteiger partial charge in [-0.15, -0.1) is 11.3 Å². The zero-order chi connectivity index (χ0) is 17.4. The van der Waals surface area contributed by atoms with Crippen LogP contribution >= 0.6 is 22.9 Å². The molecule has 0 unspecified atom stereocenters. The fourth-order valence-corrected chi connectivity index (χ4v) is 4.05. The van der Waals surface area contributed by atoms with Crippen molar-refractivity contribution < 1.29 is 4.79 Å². The number of carbonyl (C=O) groups is 1. The molecule has 124 valence electrons. The minimum atomic E-state index is 0.479. The Morgan fingerprint density at radius 1 is 1.12 bits per heavy atom. The van der Waals surface area contributed by atoms with Gasteiger partial charge in [0.15, 0.2) is 0 Å². The van der Waals surface area contributed by atoms with E-state index in [4.69, 9.17) is 11.6 Å². The molecular formula is C19H14ClN3OS. The molecule has 0 N–H and O–H groups in total. The molecule has 0 saturated heterocycles. The van der Waals surface area contributed by atoms with E-state index in [2.05, 4.69) is 27.9 Å². The summed E-state index contributed by atoms with van der Waals surface area (Å²) in [6.07, 6.45) is 5.74. The second kappa shape index (κ2) is 6.50. The van der Waals surface area contributed by atoms with Crippen LogP contribution in [0.4, 0.5) is 0 Å². The Bertz CT molecular complexity index is 1110. The van der Waals surface area contributed by atoms with Crippen molar-refractivity contribution in [1.82, 2.24) is 15.0 Å². The number of carbonyl (C=O) groups excluding carboxylic acids is 1. The van der Waals surface area contributed by atoms with Gasteiger partial charge in [-0.1, -0.05) is 11.6 Å². The van der Waals surface area contributed by atoms with E-state index in [0.29, 0.717) is 18.0 Å². The maximum Gasteiger partial charge on any atom is 0.129 e. The summed E-state index contributed by atoms with van der Waals surface area (Å²) < 4.78 is 1.10. The summed E-state index contributed by atoms with van der Waals surface area (Å²) in [5, 5.41) is 2.57. The predicted molar refractivity (Wildman–Crippen MR) is 102 cm³/mol. The Balaban J connectivity index is 1.92. The predicted octanol–water partition coefficient (Wildman–Crippen LogP) is 5.00. The van der Waals surface area contributed by atoms with Gasteiger partial charge in [-0.2, -0.15) is 0 Å². The molecule has 0 atom stereocenters. The van der Waals surface area contributed by atoms with Crippen molar-refractivity contribution in [2.24, 2.45) is 0 Å². The Morgan fingerprint density at radius 2 is 2.00 bits per heavy atom. The molecule has 0 fully saturated rings. The van der Waals surface area contributed by atoms with Crippen LogP contribution in [0.3, 0.4) is 0 Å². The van der Waals surface area contributed by atoms with Crippen LogP contribution in [0.5, 0.6) is 0 Å². The smallest absolute Gasteiger partial charge is 0.129 e. The molecule has 0 radical (unpaired) electrons. The van der Waals surface area contributed by atoms with Crippen LogP contribution in [0.15, 0.2) is 36.1 Å². The first-order chi connectivity index (χ1) is 12.2. The number of aldehydes is 1. The molecule has 0 saturated carbocycles.